The van der Waals surface area contributed by atoms with Crippen LogP contribution in [-0.2, 0) is 6.54 Å². The number of carboxylic acids is 1. The second kappa shape index (κ2) is 8.77. The molecule has 3 rings (SSSR count). The van der Waals surface area contributed by atoms with Crippen molar-refractivity contribution in [1.82, 2.24) is 14.8 Å². The Kier molecular flexibility index (Phi) is 6.16. The van der Waals surface area contributed by atoms with Gasteiger partial charge in [-0.15, -0.1) is 10.1 Å². The van der Waals surface area contributed by atoms with Crippen LogP contribution in [0.1, 0.15) is 43.6 Å². The molecule has 1 N–H and O–H groups in total. The van der Waals surface area contributed by atoms with Gasteiger partial charge in [-0.05, 0) is 50.5 Å². The first-order chi connectivity index (χ1) is 13.8. The lowest BCUT2D eigenvalue weighted by molar-refractivity contribution is 0.0697. The highest BCUT2D eigenvalue weighted by Gasteiger charge is 2.16. The lowest BCUT2D eigenvalue weighted by atomic mass is 9.99. The molecule has 0 spiro atoms. The van der Waals surface area contributed by atoms with Crippen molar-refractivity contribution in [3.8, 4) is 23.1 Å². The van der Waals surface area contributed by atoms with Crippen molar-refractivity contribution < 1.29 is 19.4 Å². The summed E-state index contributed by atoms with van der Waals surface area (Å²) in [6.45, 7) is 8.14. The van der Waals surface area contributed by atoms with Gasteiger partial charge >= 0.3 is 18.0 Å². The number of ether oxygens (including phenoxy) is 2. The molecule has 1 heterocycles. The Morgan fingerprint density at radius 3 is 2.28 bits per heavy atom. The van der Waals surface area contributed by atoms with Crippen LogP contribution < -0.4 is 9.47 Å². The summed E-state index contributed by atoms with van der Waals surface area (Å²) in [7, 11) is 0. The largest absolute Gasteiger partial charge is 0.478 e. The predicted octanol–water partition coefficient (Wildman–Crippen LogP) is 4.27. The Hall–Kier alpha value is -3.35. The van der Waals surface area contributed by atoms with E-state index in [4.69, 9.17) is 9.47 Å². The monoisotopic (exact) mass is 395 g/mol. The number of hydrogen-bond donors (Lipinski definition) is 1. The van der Waals surface area contributed by atoms with Crippen LogP contribution in [0, 0.1) is 0 Å². The molecule has 29 heavy (non-hydrogen) atoms. The van der Waals surface area contributed by atoms with Crippen molar-refractivity contribution in [2.75, 3.05) is 0 Å². The van der Waals surface area contributed by atoms with Gasteiger partial charge in [-0.25, -0.2) is 9.48 Å². The van der Waals surface area contributed by atoms with Crippen LogP contribution in [0.15, 0.2) is 48.5 Å². The van der Waals surface area contributed by atoms with Crippen molar-refractivity contribution in [2.24, 2.45) is 0 Å². The maximum Gasteiger partial charge on any atom is 0.339 e. The molecule has 0 aliphatic carbocycles. The van der Waals surface area contributed by atoms with Crippen LogP contribution >= 0.6 is 0 Å². The summed E-state index contributed by atoms with van der Waals surface area (Å²) >= 11 is 0. The Balaban J connectivity index is 1.85. The van der Waals surface area contributed by atoms with Crippen molar-refractivity contribution in [3.05, 3.63) is 59.7 Å². The molecule has 0 bridgehead atoms. The summed E-state index contributed by atoms with van der Waals surface area (Å²) in [5.74, 6) is -0.944. The van der Waals surface area contributed by atoms with Crippen molar-refractivity contribution in [1.29, 1.82) is 0 Å². The second-order valence-corrected chi connectivity index (χ2v) is 7.22. The molecule has 0 aliphatic heterocycles. The van der Waals surface area contributed by atoms with E-state index in [0.29, 0.717) is 18.1 Å². The molecule has 0 aliphatic rings. The van der Waals surface area contributed by atoms with E-state index >= 15 is 0 Å². The summed E-state index contributed by atoms with van der Waals surface area (Å²) in [4.78, 5) is 15.8. The predicted molar refractivity (Wildman–Crippen MR) is 109 cm³/mol. The third-order valence-electron chi connectivity index (χ3n) is 4.06. The van der Waals surface area contributed by atoms with Gasteiger partial charge in [0.15, 0.2) is 0 Å². The zero-order valence-corrected chi connectivity index (χ0v) is 17.0. The van der Waals surface area contributed by atoms with Crippen LogP contribution in [0.2, 0.25) is 0 Å². The number of aromatic nitrogens is 3. The lowest BCUT2D eigenvalue weighted by Crippen LogP contribution is -2.12. The molecule has 0 saturated carbocycles. The number of rotatable bonds is 8. The van der Waals surface area contributed by atoms with Gasteiger partial charge in [-0.1, -0.05) is 42.5 Å². The van der Waals surface area contributed by atoms with E-state index in [9.17, 15) is 9.90 Å². The standard InChI is InChI=1S/C22H25N3O4/c1-14(2)28-21-23-22(29-15(3)4)25(24-21)13-16-9-11-17(12-10-16)18-7-5-6-8-19(18)20(26)27/h5-12,14-15H,13H2,1-4H3,(H,26,27). The Morgan fingerprint density at radius 2 is 1.66 bits per heavy atom. The van der Waals surface area contributed by atoms with Crippen LogP contribution in [0.4, 0.5) is 0 Å². The topological polar surface area (TPSA) is 86.5 Å². The summed E-state index contributed by atoms with van der Waals surface area (Å²) in [5, 5.41) is 13.8. The Morgan fingerprint density at radius 1 is 1.00 bits per heavy atom. The molecule has 7 nitrogen and oxygen atoms in total. The first-order valence-corrected chi connectivity index (χ1v) is 9.53. The summed E-state index contributed by atoms with van der Waals surface area (Å²) in [6.07, 6.45) is -0.0777. The minimum atomic E-state index is -0.944. The van der Waals surface area contributed by atoms with Gasteiger partial charge in [-0.3, -0.25) is 0 Å². The van der Waals surface area contributed by atoms with E-state index in [1.807, 2.05) is 58.0 Å². The smallest absolute Gasteiger partial charge is 0.339 e. The van der Waals surface area contributed by atoms with Crippen LogP contribution in [0.25, 0.3) is 11.1 Å². The van der Waals surface area contributed by atoms with E-state index in [1.165, 1.54) is 0 Å². The molecule has 0 saturated heterocycles. The Labute approximate surface area is 169 Å². The molecular formula is C22H25N3O4. The normalized spacial score (nSPS) is 11.1. The fourth-order valence-corrected chi connectivity index (χ4v) is 2.85. The van der Waals surface area contributed by atoms with Crippen LogP contribution in [-0.4, -0.2) is 38.0 Å². The van der Waals surface area contributed by atoms with Crippen molar-refractivity contribution in [3.63, 3.8) is 0 Å². The first-order valence-electron chi connectivity index (χ1n) is 9.53. The molecule has 0 radical (unpaired) electrons. The second-order valence-electron chi connectivity index (χ2n) is 7.22. The maximum absolute atomic E-state index is 11.5. The summed E-state index contributed by atoms with van der Waals surface area (Å²) < 4.78 is 13.0. The number of nitrogens with zero attached hydrogens (tertiary/aromatic N) is 3. The van der Waals surface area contributed by atoms with E-state index in [1.54, 1.807) is 22.9 Å². The van der Waals surface area contributed by atoms with Gasteiger partial charge in [0.2, 0.25) is 0 Å². The first kappa shape index (κ1) is 20.4. The van der Waals surface area contributed by atoms with Gasteiger partial charge in [-0.2, -0.15) is 0 Å². The average molecular weight is 395 g/mol. The quantitative estimate of drug-likeness (QED) is 0.613. The maximum atomic E-state index is 11.5. The van der Waals surface area contributed by atoms with E-state index in [2.05, 4.69) is 10.1 Å². The minimum absolute atomic E-state index is 0.0358. The van der Waals surface area contributed by atoms with Gasteiger partial charge in [0.1, 0.15) is 0 Å². The lowest BCUT2D eigenvalue weighted by Gasteiger charge is -2.10. The highest BCUT2D eigenvalue weighted by molar-refractivity contribution is 5.95. The zero-order valence-electron chi connectivity index (χ0n) is 17.0. The highest BCUT2D eigenvalue weighted by atomic mass is 16.5. The summed E-state index contributed by atoms with van der Waals surface area (Å²) in [6, 6.07) is 15.3. The third kappa shape index (κ3) is 5.13. The molecule has 0 amide bonds. The molecule has 7 heteroatoms. The number of hydrogen-bond acceptors (Lipinski definition) is 5. The van der Waals surface area contributed by atoms with Crippen molar-refractivity contribution in [2.45, 2.75) is 46.4 Å². The van der Waals surface area contributed by atoms with Crippen LogP contribution in [0.3, 0.4) is 0 Å². The molecule has 0 fully saturated rings. The van der Waals surface area contributed by atoms with E-state index in [0.717, 1.165) is 11.1 Å². The van der Waals surface area contributed by atoms with Gasteiger partial charge in [0, 0.05) is 0 Å². The highest BCUT2D eigenvalue weighted by Crippen LogP contribution is 2.25. The average Bonchev–Trinajstić information content (AvgIpc) is 3.01. The number of aromatic carboxylic acids is 1. The third-order valence-corrected chi connectivity index (χ3v) is 4.06. The Bertz CT molecular complexity index is 978. The zero-order chi connectivity index (χ0) is 21.0. The fraction of sp³-hybridized carbons (Fsp3) is 0.318. The molecule has 0 atom stereocenters. The SMILES string of the molecule is CC(C)Oc1nc(OC(C)C)n(Cc2ccc(-c3ccccc3C(=O)O)cc2)n1. The molecule has 1 aromatic heterocycles. The molecule has 152 valence electrons. The number of carbonyl (C=O) groups is 1. The molecular weight excluding hydrogens is 370 g/mol. The number of benzene rings is 2. The van der Waals surface area contributed by atoms with Crippen molar-refractivity contribution >= 4 is 5.97 Å². The van der Waals surface area contributed by atoms with Crippen LogP contribution in [0.5, 0.6) is 12.0 Å². The van der Waals surface area contributed by atoms with E-state index < -0.39 is 5.97 Å². The fourth-order valence-electron chi connectivity index (χ4n) is 2.85. The summed E-state index contributed by atoms with van der Waals surface area (Å²) in [5.41, 5.74) is 2.78. The van der Waals surface area contributed by atoms with Gasteiger partial charge < -0.3 is 14.6 Å². The van der Waals surface area contributed by atoms with Gasteiger partial charge in [0.25, 0.3) is 0 Å². The molecule has 2 aromatic carbocycles. The van der Waals surface area contributed by atoms with Gasteiger partial charge in [0.05, 0.1) is 24.3 Å². The minimum Gasteiger partial charge on any atom is -0.478 e. The molecule has 0 unspecified atom stereocenters. The molecule has 3 aromatic rings. The number of carboxylic acid groups (broad SMARTS) is 1. The van der Waals surface area contributed by atoms with E-state index in [-0.39, 0.29) is 23.8 Å².